The van der Waals surface area contributed by atoms with Crippen LogP contribution < -0.4 is 4.90 Å². The van der Waals surface area contributed by atoms with Crippen molar-refractivity contribution in [2.24, 2.45) is 0 Å². The fraction of sp³-hybridized carbons (Fsp3) is 0.600. The fourth-order valence-corrected chi connectivity index (χ4v) is 4.55. The Morgan fingerprint density at radius 1 is 1.30 bits per heavy atom. The Labute approximate surface area is 122 Å². The minimum atomic E-state index is 0.281. The van der Waals surface area contributed by atoms with Crippen LogP contribution in [0.2, 0.25) is 0 Å². The van der Waals surface area contributed by atoms with Crippen molar-refractivity contribution in [1.29, 1.82) is 0 Å². The summed E-state index contributed by atoms with van der Waals surface area (Å²) in [6.07, 6.45) is 7.03. The molecule has 2 aliphatic rings. The molecule has 0 bridgehead atoms. The molecule has 0 N–H and O–H groups in total. The number of aromatic nitrogens is 2. The maximum absolute atomic E-state index is 5.65. The van der Waals surface area contributed by atoms with Crippen LogP contribution in [-0.2, 0) is 17.6 Å². The van der Waals surface area contributed by atoms with E-state index < -0.39 is 0 Å². The molecule has 1 aliphatic heterocycles. The highest BCUT2D eigenvalue weighted by molar-refractivity contribution is 7.19. The lowest BCUT2D eigenvalue weighted by atomic mass is 9.97. The monoisotopic (exact) mass is 289 g/mol. The summed E-state index contributed by atoms with van der Waals surface area (Å²) in [5, 5.41) is 1.32. The van der Waals surface area contributed by atoms with Crippen molar-refractivity contribution in [3.8, 4) is 0 Å². The number of fused-ring (bicyclic) bond motifs is 3. The first-order valence-corrected chi connectivity index (χ1v) is 8.26. The Morgan fingerprint density at radius 2 is 2.20 bits per heavy atom. The summed E-state index contributed by atoms with van der Waals surface area (Å²) >= 11 is 1.87. The number of anilines is 1. The second kappa shape index (κ2) is 4.97. The van der Waals surface area contributed by atoms with Crippen molar-refractivity contribution in [2.45, 2.75) is 38.7 Å². The highest BCUT2D eigenvalue weighted by Gasteiger charge is 2.25. The van der Waals surface area contributed by atoms with E-state index in [0.29, 0.717) is 0 Å². The van der Waals surface area contributed by atoms with E-state index in [0.717, 1.165) is 25.5 Å². The third kappa shape index (κ3) is 2.00. The Hall–Kier alpha value is -1.20. The van der Waals surface area contributed by atoms with Gasteiger partial charge in [0.1, 0.15) is 17.0 Å². The van der Waals surface area contributed by atoms with Crippen molar-refractivity contribution in [2.75, 3.05) is 24.6 Å². The summed E-state index contributed by atoms with van der Waals surface area (Å²) in [6.45, 7) is 4.78. The number of ether oxygens (including phenoxy) is 1. The summed E-state index contributed by atoms with van der Waals surface area (Å²) < 4.78 is 5.65. The van der Waals surface area contributed by atoms with Crippen LogP contribution in [0.3, 0.4) is 0 Å². The molecule has 0 radical (unpaired) electrons. The van der Waals surface area contributed by atoms with Gasteiger partial charge in [-0.25, -0.2) is 9.97 Å². The summed E-state index contributed by atoms with van der Waals surface area (Å²) in [5.74, 6) is 1.13. The third-order valence-corrected chi connectivity index (χ3v) is 5.47. The quantitative estimate of drug-likeness (QED) is 0.809. The molecule has 0 aromatic carbocycles. The van der Waals surface area contributed by atoms with Crippen LogP contribution in [0.5, 0.6) is 0 Å². The zero-order valence-corrected chi connectivity index (χ0v) is 12.6. The number of hydrogen-bond acceptors (Lipinski definition) is 5. The number of nitrogens with zero attached hydrogens (tertiary/aromatic N) is 3. The Bertz CT molecular complexity index is 639. The van der Waals surface area contributed by atoms with Gasteiger partial charge in [-0.15, -0.1) is 11.3 Å². The molecule has 20 heavy (non-hydrogen) atoms. The molecule has 5 heteroatoms. The van der Waals surface area contributed by atoms with Crippen LogP contribution in [0.4, 0.5) is 5.82 Å². The molecule has 1 saturated heterocycles. The molecule has 3 heterocycles. The number of thiophene rings is 1. The van der Waals surface area contributed by atoms with Crippen molar-refractivity contribution in [1.82, 2.24) is 9.97 Å². The zero-order valence-electron chi connectivity index (χ0n) is 11.8. The highest BCUT2D eigenvalue weighted by Crippen LogP contribution is 2.39. The van der Waals surface area contributed by atoms with Gasteiger partial charge in [-0.05, 0) is 38.2 Å². The molecule has 1 fully saturated rings. The summed E-state index contributed by atoms with van der Waals surface area (Å²) in [6, 6.07) is 0. The van der Waals surface area contributed by atoms with E-state index in [-0.39, 0.29) is 6.10 Å². The second-order valence-electron chi connectivity index (χ2n) is 5.72. The second-order valence-corrected chi connectivity index (χ2v) is 6.80. The van der Waals surface area contributed by atoms with E-state index in [1.165, 1.54) is 46.3 Å². The molecular weight excluding hydrogens is 270 g/mol. The van der Waals surface area contributed by atoms with E-state index >= 15 is 0 Å². The van der Waals surface area contributed by atoms with Crippen molar-refractivity contribution >= 4 is 27.4 Å². The SMILES string of the molecule is CC1CN(c2ncnc3sc4c(c23)CCCC4)CCO1. The van der Waals surface area contributed by atoms with Gasteiger partial charge in [0.05, 0.1) is 18.1 Å². The number of aryl methyl sites for hydroxylation is 2. The molecule has 2 aromatic heterocycles. The first kappa shape index (κ1) is 12.5. The van der Waals surface area contributed by atoms with Gasteiger partial charge in [-0.3, -0.25) is 0 Å². The van der Waals surface area contributed by atoms with Crippen molar-refractivity contribution in [3.05, 3.63) is 16.8 Å². The normalized spacial score (nSPS) is 23.1. The lowest BCUT2D eigenvalue weighted by Gasteiger charge is -2.32. The molecule has 4 nitrogen and oxygen atoms in total. The molecule has 1 unspecified atom stereocenters. The van der Waals surface area contributed by atoms with Crippen molar-refractivity contribution < 1.29 is 4.74 Å². The lowest BCUT2D eigenvalue weighted by Crippen LogP contribution is -2.41. The van der Waals surface area contributed by atoms with Gasteiger partial charge in [0.15, 0.2) is 0 Å². The first-order valence-electron chi connectivity index (χ1n) is 7.45. The largest absolute Gasteiger partial charge is 0.375 e. The fourth-order valence-electron chi connectivity index (χ4n) is 3.32. The Balaban J connectivity index is 1.84. The predicted molar refractivity (Wildman–Crippen MR) is 81.7 cm³/mol. The van der Waals surface area contributed by atoms with Gasteiger partial charge in [0.25, 0.3) is 0 Å². The average molecular weight is 289 g/mol. The van der Waals surface area contributed by atoms with Gasteiger partial charge in [-0.2, -0.15) is 0 Å². The summed E-state index contributed by atoms with van der Waals surface area (Å²) in [5.41, 5.74) is 1.52. The number of morpholine rings is 1. The Kier molecular flexibility index (Phi) is 3.11. The minimum absolute atomic E-state index is 0.281. The maximum atomic E-state index is 5.65. The van der Waals surface area contributed by atoms with E-state index in [9.17, 15) is 0 Å². The minimum Gasteiger partial charge on any atom is -0.375 e. The molecule has 0 amide bonds. The van der Waals surface area contributed by atoms with Crippen LogP contribution in [0, 0.1) is 0 Å². The number of hydrogen-bond donors (Lipinski definition) is 0. The van der Waals surface area contributed by atoms with Gasteiger partial charge in [-0.1, -0.05) is 0 Å². The smallest absolute Gasteiger partial charge is 0.141 e. The molecule has 0 saturated carbocycles. The molecule has 1 aliphatic carbocycles. The summed E-state index contributed by atoms with van der Waals surface area (Å²) in [7, 11) is 0. The summed E-state index contributed by atoms with van der Waals surface area (Å²) in [4.78, 5) is 14.2. The number of rotatable bonds is 1. The maximum Gasteiger partial charge on any atom is 0.141 e. The molecular formula is C15H19N3OS. The molecule has 4 rings (SSSR count). The van der Waals surface area contributed by atoms with Crippen LogP contribution in [0.1, 0.15) is 30.2 Å². The van der Waals surface area contributed by atoms with Gasteiger partial charge in [0, 0.05) is 18.0 Å². The zero-order chi connectivity index (χ0) is 13.5. The van der Waals surface area contributed by atoms with Crippen LogP contribution in [0.25, 0.3) is 10.2 Å². The highest BCUT2D eigenvalue weighted by atomic mass is 32.1. The molecule has 2 aromatic rings. The van der Waals surface area contributed by atoms with Gasteiger partial charge < -0.3 is 9.64 Å². The topological polar surface area (TPSA) is 38.2 Å². The standard InChI is InChI=1S/C15H19N3OS/c1-10-8-18(6-7-19-10)14-13-11-4-2-3-5-12(11)20-15(13)17-9-16-14/h9-10H,2-8H2,1H3. The molecule has 106 valence electrons. The van der Waals surface area contributed by atoms with Crippen LogP contribution >= 0.6 is 11.3 Å². The molecule has 1 atom stereocenters. The third-order valence-electron chi connectivity index (χ3n) is 4.27. The molecule has 0 spiro atoms. The van der Waals surface area contributed by atoms with Gasteiger partial charge >= 0.3 is 0 Å². The van der Waals surface area contributed by atoms with Gasteiger partial charge in [0.2, 0.25) is 0 Å². The predicted octanol–water partition coefficient (Wildman–Crippen LogP) is 2.80. The van der Waals surface area contributed by atoms with E-state index in [2.05, 4.69) is 21.8 Å². The van der Waals surface area contributed by atoms with Crippen LogP contribution in [-0.4, -0.2) is 35.8 Å². The van der Waals surface area contributed by atoms with E-state index in [1.807, 2.05) is 11.3 Å². The average Bonchev–Trinajstić information content (AvgIpc) is 2.85. The lowest BCUT2D eigenvalue weighted by molar-refractivity contribution is 0.0530. The van der Waals surface area contributed by atoms with Crippen LogP contribution in [0.15, 0.2) is 6.33 Å². The Morgan fingerprint density at radius 3 is 3.10 bits per heavy atom. The first-order chi connectivity index (χ1) is 9.83. The van der Waals surface area contributed by atoms with Crippen molar-refractivity contribution in [3.63, 3.8) is 0 Å². The van der Waals surface area contributed by atoms with E-state index in [4.69, 9.17) is 4.74 Å². The van der Waals surface area contributed by atoms with E-state index in [1.54, 1.807) is 6.33 Å².